The van der Waals surface area contributed by atoms with Crippen LogP contribution < -0.4 is 19.5 Å². The van der Waals surface area contributed by atoms with Crippen LogP contribution in [0.15, 0.2) is 72.8 Å². The Morgan fingerprint density at radius 1 is 0.886 bits per heavy atom. The maximum atomic E-state index is 12.5. The van der Waals surface area contributed by atoms with Crippen molar-refractivity contribution in [2.45, 2.75) is 0 Å². The summed E-state index contributed by atoms with van der Waals surface area (Å²) in [7, 11) is 3.16. The molecule has 5 aromatic rings. The predicted octanol–water partition coefficient (Wildman–Crippen LogP) is 3.77. The summed E-state index contributed by atoms with van der Waals surface area (Å²) >= 11 is 0. The van der Waals surface area contributed by atoms with Crippen molar-refractivity contribution in [1.82, 2.24) is 25.1 Å². The third-order valence-corrected chi connectivity index (χ3v) is 5.53. The number of rotatable bonds is 8. The lowest BCUT2D eigenvalue weighted by atomic mass is 10.1. The second-order valence-electron chi connectivity index (χ2n) is 7.70. The van der Waals surface area contributed by atoms with E-state index in [9.17, 15) is 4.79 Å². The maximum Gasteiger partial charge on any atom is 0.251 e. The van der Waals surface area contributed by atoms with Crippen LogP contribution in [0.1, 0.15) is 10.4 Å². The Kier molecular flexibility index (Phi) is 6.13. The number of benzene rings is 3. The summed E-state index contributed by atoms with van der Waals surface area (Å²) < 4.78 is 18.1. The number of hydrogen-bond donors (Lipinski definition) is 1. The molecule has 0 aliphatic rings. The van der Waals surface area contributed by atoms with Crippen LogP contribution in [-0.2, 0) is 0 Å². The topological polar surface area (TPSA) is 99.9 Å². The van der Waals surface area contributed by atoms with Crippen molar-refractivity contribution >= 4 is 22.3 Å². The van der Waals surface area contributed by atoms with Crippen LogP contribution in [0, 0.1) is 0 Å². The van der Waals surface area contributed by atoms with E-state index in [2.05, 4.69) is 20.6 Å². The summed E-state index contributed by atoms with van der Waals surface area (Å²) in [5.74, 6) is 1.97. The van der Waals surface area contributed by atoms with E-state index < -0.39 is 0 Å². The first-order chi connectivity index (χ1) is 17.2. The van der Waals surface area contributed by atoms with E-state index >= 15 is 0 Å². The lowest BCUT2D eigenvalue weighted by Gasteiger charge is -2.09. The van der Waals surface area contributed by atoms with Gasteiger partial charge in [-0.15, -0.1) is 15.3 Å². The number of nitrogens with zero attached hydrogens (tertiary/aromatic N) is 4. The highest BCUT2D eigenvalue weighted by atomic mass is 16.5. The monoisotopic (exact) mass is 469 g/mol. The van der Waals surface area contributed by atoms with Gasteiger partial charge in [0, 0.05) is 17.2 Å². The fraction of sp³-hybridized carbons (Fsp3) is 0.154. The number of carbonyl (C=O) groups is 1. The highest BCUT2D eigenvalue weighted by Gasteiger charge is 2.14. The van der Waals surface area contributed by atoms with Crippen LogP contribution >= 0.6 is 0 Å². The first kappa shape index (κ1) is 22.1. The van der Waals surface area contributed by atoms with Gasteiger partial charge in [-0.3, -0.25) is 4.79 Å². The molecule has 5 rings (SSSR count). The van der Waals surface area contributed by atoms with E-state index in [1.807, 2.05) is 54.6 Å². The minimum absolute atomic E-state index is 0.155. The second-order valence-corrected chi connectivity index (χ2v) is 7.70. The molecule has 0 spiro atoms. The van der Waals surface area contributed by atoms with Gasteiger partial charge in [0.05, 0.1) is 20.8 Å². The average Bonchev–Trinajstić information content (AvgIpc) is 3.33. The zero-order valence-corrected chi connectivity index (χ0v) is 19.3. The molecule has 2 heterocycles. The number of methoxy groups -OCH3 is 2. The zero-order valence-electron chi connectivity index (χ0n) is 19.3. The lowest BCUT2D eigenvalue weighted by molar-refractivity contribution is 0.0946. The minimum Gasteiger partial charge on any atom is -0.493 e. The van der Waals surface area contributed by atoms with Gasteiger partial charge in [-0.2, -0.15) is 4.52 Å². The molecule has 3 aromatic carbocycles. The highest BCUT2D eigenvalue weighted by Crippen LogP contribution is 2.31. The standard InChI is InChI=1S/C26H23N5O4/c1-33-21-10-9-19(16-22(21)34-2)25-29-28-23-11-12-24(30-31(23)25)35-14-13-27-26(32)20-8-7-17-5-3-4-6-18(17)15-20/h3-12,15-16H,13-14H2,1-2H3,(H,27,32). The van der Waals surface area contributed by atoms with E-state index in [4.69, 9.17) is 14.2 Å². The molecular formula is C26H23N5O4. The Bertz CT molecular complexity index is 1510. The Balaban J connectivity index is 1.25. The lowest BCUT2D eigenvalue weighted by Crippen LogP contribution is -2.28. The third kappa shape index (κ3) is 4.56. The first-order valence-electron chi connectivity index (χ1n) is 11.0. The summed E-state index contributed by atoms with van der Waals surface area (Å²) in [4.78, 5) is 12.5. The third-order valence-electron chi connectivity index (χ3n) is 5.53. The molecule has 0 radical (unpaired) electrons. The molecule has 2 aromatic heterocycles. The number of hydrogen-bond acceptors (Lipinski definition) is 7. The molecule has 176 valence electrons. The van der Waals surface area contributed by atoms with Gasteiger partial charge in [0.15, 0.2) is 23.0 Å². The van der Waals surface area contributed by atoms with Gasteiger partial charge in [-0.1, -0.05) is 30.3 Å². The van der Waals surface area contributed by atoms with E-state index in [1.54, 1.807) is 36.9 Å². The molecule has 35 heavy (non-hydrogen) atoms. The molecule has 9 heteroatoms. The van der Waals surface area contributed by atoms with Crippen molar-refractivity contribution in [1.29, 1.82) is 0 Å². The fourth-order valence-electron chi connectivity index (χ4n) is 3.76. The van der Waals surface area contributed by atoms with Crippen LogP contribution in [0.25, 0.3) is 27.8 Å². The molecule has 0 fully saturated rings. The summed E-state index contributed by atoms with van der Waals surface area (Å²) in [6, 6.07) is 22.5. The SMILES string of the molecule is COc1ccc(-c2nnc3ccc(OCCNC(=O)c4ccc5ccccc5c4)nn23)cc1OC. The Labute approximate surface area is 201 Å². The molecule has 0 aliphatic carbocycles. The van der Waals surface area contributed by atoms with Crippen LogP contribution in [0.2, 0.25) is 0 Å². The fourth-order valence-corrected chi connectivity index (χ4v) is 3.76. The van der Waals surface area contributed by atoms with Crippen molar-refractivity contribution in [3.05, 3.63) is 78.4 Å². The Hall–Kier alpha value is -4.66. The highest BCUT2D eigenvalue weighted by molar-refractivity contribution is 5.98. The number of carbonyl (C=O) groups excluding carboxylic acids is 1. The van der Waals surface area contributed by atoms with Gasteiger partial charge in [0.1, 0.15) is 6.61 Å². The van der Waals surface area contributed by atoms with Crippen LogP contribution in [-0.4, -0.2) is 53.1 Å². The van der Waals surface area contributed by atoms with Gasteiger partial charge >= 0.3 is 0 Å². The summed E-state index contributed by atoms with van der Waals surface area (Å²) in [6.45, 7) is 0.585. The predicted molar refractivity (Wildman–Crippen MR) is 131 cm³/mol. The maximum absolute atomic E-state index is 12.5. The van der Waals surface area contributed by atoms with Gasteiger partial charge in [-0.25, -0.2) is 0 Å². The van der Waals surface area contributed by atoms with Crippen molar-refractivity contribution in [3.8, 4) is 28.8 Å². The van der Waals surface area contributed by atoms with E-state index in [1.165, 1.54) is 0 Å². The molecular weight excluding hydrogens is 446 g/mol. The number of nitrogens with one attached hydrogen (secondary N) is 1. The molecule has 0 bridgehead atoms. The van der Waals surface area contributed by atoms with Gasteiger partial charge in [-0.05, 0) is 47.2 Å². The average molecular weight is 470 g/mol. The van der Waals surface area contributed by atoms with Crippen LogP contribution in [0.5, 0.6) is 17.4 Å². The summed E-state index contributed by atoms with van der Waals surface area (Å²) in [5.41, 5.74) is 1.95. The second kappa shape index (κ2) is 9.68. The van der Waals surface area contributed by atoms with E-state index in [0.29, 0.717) is 41.0 Å². The van der Waals surface area contributed by atoms with Crippen molar-refractivity contribution in [2.75, 3.05) is 27.4 Å². The normalized spacial score (nSPS) is 10.9. The van der Waals surface area contributed by atoms with E-state index in [0.717, 1.165) is 16.3 Å². The molecule has 0 saturated heterocycles. The number of ether oxygens (including phenoxy) is 3. The molecule has 0 unspecified atom stereocenters. The summed E-state index contributed by atoms with van der Waals surface area (Å²) in [5, 5.41) is 17.9. The number of aromatic nitrogens is 4. The van der Waals surface area contributed by atoms with Gasteiger partial charge in [0.2, 0.25) is 5.88 Å². The van der Waals surface area contributed by atoms with Gasteiger partial charge in [0.25, 0.3) is 5.91 Å². The van der Waals surface area contributed by atoms with Crippen LogP contribution in [0.4, 0.5) is 0 Å². The van der Waals surface area contributed by atoms with Crippen molar-refractivity contribution in [2.24, 2.45) is 0 Å². The zero-order chi connectivity index (χ0) is 24.2. The molecule has 1 N–H and O–H groups in total. The minimum atomic E-state index is -0.155. The summed E-state index contributed by atoms with van der Waals surface area (Å²) in [6.07, 6.45) is 0. The molecule has 0 atom stereocenters. The molecule has 9 nitrogen and oxygen atoms in total. The van der Waals surface area contributed by atoms with Crippen molar-refractivity contribution < 1.29 is 19.0 Å². The smallest absolute Gasteiger partial charge is 0.251 e. The Morgan fingerprint density at radius 2 is 1.71 bits per heavy atom. The first-order valence-corrected chi connectivity index (χ1v) is 11.0. The molecule has 0 saturated carbocycles. The van der Waals surface area contributed by atoms with Crippen LogP contribution in [0.3, 0.4) is 0 Å². The molecule has 0 aliphatic heterocycles. The quantitative estimate of drug-likeness (QED) is 0.345. The number of fused-ring (bicyclic) bond motifs is 2. The van der Waals surface area contributed by atoms with Crippen molar-refractivity contribution in [3.63, 3.8) is 0 Å². The van der Waals surface area contributed by atoms with E-state index in [-0.39, 0.29) is 12.5 Å². The van der Waals surface area contributed by atoms with Gasteiger partial charge < -0.3 is 19.5 Å². The largest absolute Gasteiger partial charge is 0.493 e. The molecule has 1 amide bonds. The number of amides is 1. The Morgan fingerprint density at radius 3 is 2.54 bits per heavy atom.